The van der Waals surface area contributed by atoms with E-state index in [-0.39, 0.29) is 0 Å². The number of aromatic nitrogens is 1. The molecule has 0 bridgehead atoms. The Kier molecular flexibility index (Phi) is 2.40. The summed E-state index contributed by atoms with van der Waals surface area (Å²) in [5.74, 6) is 0. The van der Waals surface area contributed by atoms with E-state index in [1.807, 2.05) is 0 Å². The van der Waals surface area contributed by atoms with Gasteiger partial charge >= 0.3 is 0 Å². The first-order valence-corrected chi connectivity index (χ1v) is 6.21. The minimum Gasteiger partial charge on any atom is -0.320 e. The highest BCUT2D eigenvalue weighted by Gasteiger charge is 2.15. The van der Waals surface area contributed by atoms with E-state index >= 15 is 0 Å². The number of hydrogen-bond acceptors (Lipinski definition) is 0. The van der Waals surface area contributed by atoms with Crippen LogP contribution in [0.5, 0.6) is 0 Å². The highest BCUT2D eigenvalue weighted by molar-refractivity contribution is 5.79. The second-order valence-electron chi connectivity index (χ2n) is 4.70. The van der Waals surface area contributed by atoms with Gasteiger partial charge in [0.25, 0.3) is 0 Å². The van der Waals surface area contributed by atoms with Crippen molar-refractivity contribution in [2.75, 3.05) is 0 Å². The lowest BCUT2D eigenvalue weighted by Gasteiger charge is -2.10. The molecule has 0 radical (unpaired) electrons. The Bertz CT molecular complexity index is 587. The number of pyridine rings is 1. The van der Waals surface area contributed by atoms with Gasteiger partial charge in [-0.05, 0) is 50.0 Å². The van der Waals surface area contributed by atoms with Gasteiger partial charge in [-0.1, -0.05) is 24.3 Å². The summed E-state index contributed by atoms with van der Waals surface area (Å²) < 4.78 is 2.30. The molecule has 0 amide bonds. The van der Waals surface area contributed by atoms with Gasteiger partial charge in [0.05, 0.1) is 0 Å². The fourth-order valence-corrected chi connectivity index (χ4v) is 2.85. The van der Waals surface area contributed by atoms with Crippen LogP contribution in [0.4, 0.5) is 0 Å². The van der Waals surface area contributed by atoms with Crippen LogP contribution in [0, 0.1) is 13.8 Å². The lowest BCUT2D eigenvalue weighted by atomic mass is 9.95. The Hall–Kier alpha value is -1.76. The van der Waals surface area contributed by atoms with E-state index in [9.17, 15) is 0 Å². The third-order valence-electron chi connectivity index (χ3n) is 3.68. The highest BCUT2D eigenvalue weighted by atomic mass is 14.9. The Balaban J connectivity index is 2.29. The summed E-state index contributed by atoms with van der Waals surface area (Å²) in [4.78, 5) is 0. The van der Waals surface area contributed by atoms with E-state index in [4.69, 9.17) is 0 Å². The smallest absolute Gasteiger partial charge is 0.0488 e. The molecule has 0 saturated carbocycles. The van der Waals surface area contributed by atoms with Gasteiger partial charge < -0.3 is 4.40 Å². The van der Waals surface area contributed by atoms with Gasteiger partial charge in [0.2, 0.25) is 0 Å². The maximum absolute atomic E-state index is 2.30. The topological polar surface area (TPSA) is 4.41 Å². The SMILES string of the molecule is Cc1c(C2=CC=CCC2)c(C)n2ccccc12. The molecule has 0 saturated heterocycles. The normalized spacial score (nSPS) is 15.3. The molecule has 2 aromatic rings. The third-order valence-corrected chi connectivity index (χ3v) is 3.68. The molecule has 0 aromatic carbocycles. The molecule has 1 aliphatic carbocycles. The van der Waals surface area contributed by atoms with Crippen molar-refractivity contribution in [2.24, 2.45) is 0 Å². The lowest BCUT2D eigenvalue weighted by Crippen LogP contribution is -1.92. The molecule has 1 heteroatoms. The van der Waals surface area contributed by atoms with E-state index in [1.165, 1.54) is 27.9 Å². The van der Waals surface area contributed by atoms with Crippen LogP contribution in [0.15, 0.2) is 42.6 Å². The van der Waals surface area contributed by atoms with Crippen molar-refractivity contribution in [3.8, 4) is 0 Å². The van der Waals surface area contributed by atoms with Gasteiger partial charge in [0, 0.05) is 23.0 Å². The minimum atomic E-state index is 1.16. The number of aryl methyl sites for hydroxylation is 2. The van der Waals surface area contributed by atoms with Gasteiger partial charge in [0.15, 0.2) is 0 Å². The average Bonchev–Trinajstić information content (AvgIpc) is 2.64. The summed E-state index contributed by atoms with van der Waals surface area (Å²) >= 11 is 0. The van der Waals surface area contributed by atoms with Crippen molar-refractivity contribution >= 4 is 11.1 Å². The van der Waals surface area contributed by atoms with Gasteiger partial charge in [-0.3, -0.25) is 0 Å². The lowest BCUT2D eigenvalue weighted by molar-refractivity contribution is 1.04. The summed E-state index contributed by atoms with van der Waals surface area (Å²) in [5.41, 5.74) is 7.02. The van der Waals surface area contributed by atoms with Crippen molar-refractivity contribution in [1.29, 1.82) is 0 Å². The van der Waals surface area contributed by atoms with Gasteiger partial charge in [-0.25, -0.2) is 0 Å². The second kappa shape index (κ2) is 3.92. The van der Waals surface area contributed by atoms with E-state index in [2.05, 4.69) is 60.9 Å². The first-order valence-electron chi connectivity index (χ1n) is 6.21. The van der Waals surface area contributed by atoms with Crippen molar-refractivity contribution in [3.63, 3.8) is 0 Å². The molecule has 2 heterocycles. The first kappa shape index (κ1) is 10.4. The molecule has 0 atom stereocenters. The molecule has 86 valence electrons. The quantitative estimate of drug-likeness (QED) is 0.679. The van der Waals surface area contributed by atoms with Crippen molar-refractivity contribution < 1.29 is 0 Å². The van der Waals surface area contributed by atoms with Crippen LogP contribution < -0.4 is 0 Å². The van der Waals surface area contributed by atoms with Crippen LogP contribution in [0.25, 0.3) is 11.1 Å². The molecule has 17 heavy (non-hydrogen) atoms. The Labute approximate surface area is 102 Å². The summed E-state index contributed by atoms with van der Waals surface area (Å²) in [6.07, 6.45) is 11.2. The summed E-state index contributed by atoms with van der Waals surface area (Å²) in [6.45, 7) is 4.45. The predicted octanol–water partition coefficient (Wildman–Crippen LogP) is 4.29. The molecular formula is C16H17N. The first-order chi connectivity index (χ1) is 8.29. The monoisotopic (exact) mass is 223 g/mol. The highest BCUT2D eigenvalue weighted by Crippen LogP contribution is 2.32. The Morgan fingerprint density at radius 1 is 1.18 bits per heavy atom. The van der Waals surface area contributed by atoms with Crippen molar-refractivity contribution in [3.05, 3.63) is 59.4 Å². The summed E-state index contributed by atoms with van der Waals surface area (Å²) in [7, 11) is 0. The fraction of sp³-hybridized carbons (Fsp3) is 0.250. The molecule has 0 N–H and O–H groups in total. The summed E-state index contributed by atoms with van der Waals surface area (Å²) in [5, 5.41) is 0. The number of fused-ring (bicyclic) bond motifs is 1. The van der Waals surface area contributed by atoms with Gasteiger partial charge in [-0.15, -0.1) is 0 Å². The minimum absolute atomic E-state index is 1.16. The van der Waals surface area contributed by atoms with Crippen LogP contribution in [-0.4, -0.2) is 4.40 Å². The number of hydrogen-bond donors (Lipinski definition) is 0. The maximum Gasteiger partial charge on any atom is 0.0488 e. The average molecular weight is 223 g/mol. The molecular weight excluding hydrogens is 206 g/mol. The zero-order valence-corrected chi connectivity index (χ0v) is 10.4. The molecule has 0 fully saturated rings. The maximum atomic E-state index is 2.30. The summed E-state index contributed by atoms with van der Waals surface area (Å²) in [6, 6.07) is 6.41. The Morgan fingerprint density at radius 3 is 2.76 bits per heavy atom. The molecule has 0 unspecified atom stereocenters. The molecule has 1 aliphatic rings. The number of nitrogens with zero attached hydrogens (tertiary/aromatic N) is 1. The molecule has 1 nitrogen and oxygen atoms in total. The van der Waals surface area contributed by atoms with Crippen LogP contribution >= 0.6 is 0 Å². The largest absolute Gasteiger partial charge is 0.320 e. The van der Waals surface area contributed by atoms with Gasteiger partial charge in [0.1, 0.15) is 0 Å². The molecule has 0 aliphatic heterocycles. The third kappa shape index (κ3) is 1.54. The fourth-order valence-electron chi connectivity index (χ4n) is 2.85. The molecule has 2 aromatic heterocycles. The number of allylic oxidation sites excluding steroid dienone is 4. The molecule has 0 spiro atoms. The van der Waals surface area contributed by atoms with Crippen molar-refractivity contribution in [2.45, 2.75) is 26.7 Å². The van der Waals surface area contributed by atoms with Crippen LogP contribution in [-0.2, 0) is 0 Å². The van der Waals surface area contributed by atoms with E-state index in [0.717, 1.165) is 12.8 Å². The Morgan fingerprint density at radius 2 is 2.06 bits per heavy atom. The van der Waals surface area contributed by atoms with Crippen LogP contribution in [0.2, 0.25) is 0 Å². The predicted molar refractivity (Wildman–Crippen MR) is 73.2 cm³/mol. The molecule has 3 rings (SSSR count). The van der Waals surface area contributed by atoms with Crippen molar-refractivity contribution in [1.82, 2.24) is 4.40 Å². The van der Waals surface area contributed by atoms with E-state index in [0.29, 0.717) is 0 Å². The van der Waals surface area contributed by atoms with E-state index in [1.54, 1.807) is 0 Å². The zero-order valence-electron chi connectivity index (χ0n) is 10.4. The van der Waals surface area contributed by atoms with E-state index < -0.39 is 0 Å². The number of rotatable bonds is 1. The van der Waals surface area contributed by atoms with Crippen LogP contribution in [0.1, 0.15) is 29.7 Å². The standard InChI is InChI=1S/C16H17N/c1-12-15-10-6-7-11-17(15)13(2)16(12)14-8-4-3-5-9-14/h3-4,6-8,10-11H,5,9H2,1-2H3. The van der Waals surface area contributed by atoms with Crippen LogP contribution in [0.3, 0.4) is 0 Å². The second-order valence-corrected chi connectivity index (χ2v) is 4.70. The van der Waals surface area contributed by atoms with Gasteiger partial charge in [-0.2, -0.15) is 0 Å². The zero-order chi connectivity index (χ0) is 11.8.